The van der Waals surface area contributed by atoms with E-state index >= 15 is 0 Å². The molecule has 0 aromatic rings. The average Bonchev–Trinajstić information content (AvgIpc) is 2.40. The molecule has 0 heterocycles. The van der Waals surface area contributed by atoms with Gasteiger partial charge in [0.05, 0.1) is 13.0 Å². The molecule has 0 aromatic carbocycles. The molecule has 1 N–H and O–H groups in total. The van der Waals surface area contributed by atoms with Gasteiger partial charge in [-0.15, -0.1) is 0 Å². The first-order chi connectivity index (χ1) is 7.48. The standard InChI is InChI=1S/C12H20O4/c1-3-4-5-16-11(14)8-12(15)7-9(2)6-10(12)13/h9,15H,3-8H2,1-2H3. The van der Waals surface area contributed by atoms with E-state index in [1.54, 1.807) is 0 Å². The first kappa shape index (κ1) is 13.2. The molecule has 0 aromatic heterocycles. The molecule has 0 radical (unpaired) electrons. The molecule has 1 saturated carbocycles. The van der Waals surface area contributed by atoms with Crippen LogP contribution in [0.1, 0.15) is 46.0 Å². The number of unbranched alkanes of at least 4 members (excludes halogenated alkanes) is 1. The van der Waals surface area contributed by atoms with Gasteiger partial charge in [0.1, 0.15) is 5.60 Å². The Morgan fingerprint density at radius 3 is 2.81 bits per heavy atom. The minimum atomic E-state index is -1.47. The summed E-state index contributed by atoms with van der Waals surface area (Å²) in [5.41, 5.74) is -1.47. The fourth-order valence-electron chi connectivity index (χ4n) is 2.06. The van der Waals surface area contributed by atoms with Gasteiger partial charge < -0.3 is 9.84 Å². The second-order valence-electron chi connectivity index (χ2n) is 4.72. The van der Waals surface area contributed by atoms with Crippen LogP contribution < -0.4 is 0 Å². The highest BCUT2D eigenvalue weighted by molar-refractivity contribution is 5.93. The molecule has 2 atom stereocenters. The lowest BCUT2D eigenvalue weighted by molar-refractivity contribution is -0.153. The van der Waals surface area contributed by atoms with Crippen molar-refractivity contribution < 1.29 is 19.4 Å². The van der Waals surface area contributed by atoms with Gasteiger partial charge in [0.15, 0.2) is 5.78 Å². The van der Waals surface area contributed by atoms with E-state index in [-0.39, 0.29) is 18.1 Å². The average molecular weight is 228 g/mol. The number of hydrogen-bond donors (Lipinski definition) is 1. The SMILES string of the molecule is CCCCOC(=O)CC1(O)CC(C)CC1=O. The lowest BCUT2D eigenvalue weighted by Gasteiger charge is -2.19. The van der Waals surface area contributed by atoms with Crippen LogP contribution >= 0.6 is 0 Å². The molecule has 0 saturated heterocycles. The number of Topliss-reactive ketones (excluding diaryl/α,β-unsaturated/α-hetero) is 1. The number of carbonyl (C=O) groups is 2. The van der Waals surface area contributed by atoms with Crippen molar-refractivity contribution in [2.24, 2.45) is 5.92 Å². The van der Waals surface area contributed by atoms with E-state index in [1.165, 1.54) is 0 Å². The van der Waals surface area contributed by atoms with E-state index in [0.717, 1.165) is 12.8 Å². The highest BCUT2D eigenvalue weighted by Crippen LogP contribution is 2.33. The molecule has 0 aliphatic heterocycles. The highest BCUT2D eigenvalue weighted by atomic mass is 16.5. The Balaban J connectivity index is 2.41. The molecule has 0 amide bonds. The summed E-state index contributed by atoms with van der Waals surface area (Å²) >= 11 is 0. The number of ether oxygens (including phenoxy) is 1. The maximum absolute atomic E-state index is 11.5. The summed E-state index contributed by atoms with van der Waals surface area (Å²) in [4.78, 5) is 22.9. The Kier molecular flexibility index (Phi) is 4.47. The molecule has 92 valence electrons. The number of rotatable bonds is 5. The second kappa shape index (κ2) is 5.43. The van der Waals surface area contributed by atoms with Crippen LogP contribution in [0.2, 0.25) is 0 Å². The molecule has 2 unspecified atom stereocenters. The van der Waals surface area contributed by atoms with E-state index in [0.29, 0.717) is 19.4 Å². The van der Waals surface area contributed by atoms with E-state index in [9.17, 15) is 14.7 Å². The quantitative estimate of drug-likeness (QED) is 0.571. The molecule has 0 bridgehead atoms. The topological polar surface area (TPSA) is 63.6 Å². The molecule has 16 heavy (non-hydrogen) atoms. The van der Waals surface area contributed by atoms with Crippen molar-refractivity contribution in [3.05, 3.63) is 0 Å². The van der Waals surface area contributed by atoms with Crippen molar-refractivity contribution in [3.8, 4) is 0 Å². The monoisotopic (exact) mass is 228 g/mol. The third kappa shape index (κ3) is 3.30. The second-order valence-corrected chi connectivity index (χ2v) is 4.72. The smallest absolute Gasteiger partial charge is 0.309 e. The van der Waals surface area contributed by atoms with Gasteiger partial charge in [-0.2, -0.15) is 0 Å². The summed E-state index contributed by atoms with van der Waals surface area (Å²) in [7, 11) is 0. The Hall–Kier alpha value is -0.900. The molecular formula is C12H20O4. The molecule has 1 fully saturated rings. The number of aliphatic hydroxyl groups is 1. The zero-order valence-corrected chi connectivity index (χ0v) is 9.99. The number of ketones is 1. The summed E-state index contributed by atoms with van der Waals surface area (Å²) < 4.78 is 4.94. The van der Waals surface area contributed by atoms with Gasteiger partial charge in [0, 0.05) is 6.42 Å². The lowest BCUT2D eigenvalue weighted by atomic mass is 9.96. The fourth-order valence-corrected chi connectivity index (χ4v) is 2.06. The first-order valence-electron chi connectivity index (χ1n) is 5.89. The summed E-state index contributed by atoms with van der Waals surface area (Å²) in [6.07, 6.45) is 2.30. The van der Waals surface area contributed by atoms with Crippen LogP contribution in [0, 0.1) is 5.92 Å². The van der Waals surface area contributed by atoms with Gasteiger partial charge >= 0.3 is 5.97 Å². The molecule has 4 nitrogen and oxygen atoms in total. The lowest BCUT2D eigenvalue weighted by Crippen LogP contribution is -2.36. The molecule has 1 rings (SSSR count). The predicted molar refractivity (Wildman–Crippen MR) is 58.8 cm³/mol. The summed E-state index contributed by atoms with van der Waals surface area (Å²) in [6, 6.07) is 0. The van der Waals surface area contributed by atoms with Crippen molar-refractivity contribution in [2.75, 3.05) is 6.61 Å². The maximum atomic E-state index is 11.5. The normalized spacial score (nSPS) is 29.4. The van der Waals surface area contributed by atoms with Crippen LogP contribution in [0.4, 0.5) is 0 Å². The number of carbonyl (C=O) groups excluding carboxylic acids is 2. The Morgan fingerprint density at radius 2 is 2.31 bits per heavy atom. The van der Waals surface area contributed by atoms with E-state index in [1.807, 2.05) is 13.8 Å². The van der Waals surface area contributed by atoms with Crippen molar-refractivity contribution in [1.82, 2.24) is 0 Å². The predicted octanol–water partition coefficient (Wildman–Crippen LogP) is 1.45. The maximum Gasteiger partial charge on any atom is 0.309 e. The molecule has 1 aliphatic carbocycles. The zero-order chi connectivity index (χ0) is 12.2. The van der Waals surface area contributed by atoms with E-state index < -0.39 is 11.6 Å². The van der Waals surface area contributed by atoms with Gasteiger partial charge in [0.2, 0.25) is 0 Å². The first-order valence-corrected chi connectivity index (χ1v) is 5.89. The van der Waals surface area contributed by atoms with Gasteiger partial charge in [-0.1, -0.05) is 20.3 Å². The van der Waals surface area contributed by atoms with Crippen LogP contribution in [0.3, 0.4) is 0 Å². The zero-order valence-electron chi connectivity index (χ0n) is 9.99. The number of hydrogen-bond acceptors (Lipinski definition) is 4. The van der Waals surface area contributed by atoms with Crippen LogP contribution in [0.15, 0.2) is 0 Å². The Bertz CT molecular complexity index is 274. The largest absolute Gasteiger partial charge is 0.466 e. The summed E-state index contributed by atoms with van der Waals surface area (Å²) in [5, 5.41) is 10.0. The van der Waals surface area contributed by atoms with Crippen molar-refractivity contribution in [1.29, 1.82) is 0 Å². The summed E-state index contributed by atoms with van der Waals surface area (Å²) in [6.45, 7) is 4.27. The van der Waals surface area contributed by atoms with Crippen LogP contribution in [-0.4, -0.2) is 29.1 Å². The van der Waals surface area contributed by atoms with Crippen molar-refractivity contribution in [2.45, 2.75) is 51.6 Å². The van der Waals surface area contributed by atoms with Gasteiger partial charge in [-0.3, -0.25) is 9.59 Å². The van der Waals surface area contributed by atoms with E-state index in [2.05, 4.69) is 0 Å². The van der Waals surface area contributed by atoms with Crippen molar-refractivity contribution in [3.63, 3.8) is 0 Å². The summed E-state index contributed by atoms with van der Waals surface area (Å²) in [5.74, 6) is -0.549. The Morgan fingerprint density at radius 1 is 1.62 bits per heavy atom. The Labute approximate surface area is 96.0 Å². The van der Waals surface area contributed by atoms with Crippen LogP contribution in [-0.2, 0) is 14.3 Å². The third-order valence-electron chi connectivity index (χ3n) is 2.94. The van der Waals surface area contributed by atoms with Crippen LogP contribution in [0.5, 0.6) is 0 Å². The van der Waals surface area contributed by atoms with E-state index in [4.69, 9.17) is 4.74 Å². The number of esters is 1. The fraction of sp³-hybridized carbons (Fsp3) is 0.833. The molecule has 0 spiro atoms. The van der Waals surface area contributed by atoms with Gasteiger partial charge in [-0.05, 0) is 18.8 Å². The molecular weight excluding hydrogens is 208 g/mol. The molecule has 4 heteroatoms. The van der Waals surface area contributed by atoms with Gasteiger partial charge in [0.25, 0.3) is 0 Å². The third-order valence-corrected chi connectivity index (χ3v) is 2.94. The highest BCUT2D eigenvalue weighted by Gasteiger charge is 2.45. The van der Waals surface area contributed by atoms with Gasteiger partial charge in [-0.25, -0.2) is 0 Å². The molecule has 1 aliphatic rings. The minimum absolute atomic E-state index is 0.154. The van der Waals surface area contributed by atoms with Crippen molar-refractivity contribution >= 4 is 11.8 Å². The minimum Gasteiger partial charge on any atom is -0.466 e. The van der Waals surface area contributed by atoms with Crippen LogP contribution in [0.25, 0.3) is 0 Å².